The monoisotopic (exact) mass is 230 g/mol. The number of nitrogens with one attached hydrogen (secondary N) is 2. The molecule has 0 bridgehead atoms. The van der Waals surface area contributed by atoms with Crippen LogP contribution in [0.15, 0.2) is 0 Å². The van der Waals surface area contributed by atoms with Crippen LogP contribution in [0.5, 0.6) is 0 Å². The van der Waals surface area contributed by atoms with Crippen molar-refractivity contribution in [3.8, 4) is 0 Å². The highest BCUT2D eigenvalue weighted by Gasteiger charge is 2.30. The van der Waals surface area contributed by atoms with Gasteiger partial charge in [0.1, 0.15) is 0 Å². The van der Waals surface area contributed by atoms with Crippen LogP contribution in [0.2, 0.25) is 0 Å². The average molecular weight is 230 g/mol. The van der Waals surface area contributed by atoms with Gasteiger partial charge in [0.05, 0.1) is 12.1 Å². The van der Waals surface area contributed by atoms with Crippen molar-refractivity contribution in [2.45, 2.75) is 46.1 Å². The average Bonchev–Trinajstić information content (AvgIpc) is 2.31. The maximum Gasteiger partial charge on any atom is 0.239 e. The van der Waals surface area contributed by atoms with Gasteiger partial charge in [0.15, 0.2) is 0 Å². The van der Waals surface area contributed by atoms with Gasteiger partial charge in [-0.3, -0.25) is 4.79 Å². The van der Waals surface area contributed by atoms with Crippen molar-refractivity contribution < 1.29 is 9.90 Å². The number of carbonyl (C=O) groups excluding carboxylic acids is 1. The zero-order valence-electron chi connectivity index (χ0n) is 11.2. The van der Waals surface area contributed by atoms with Crippen LogP contribution < -0.4 is 10.6 Å². The van der Waals surface area contributed by atoms with E-state index in [0.29, 0.717) is 6.54 Å². The van der Waals surface area contributed by atoms with Crippen LogP contribution >= 0.6 is 0 Å². The Hall–Kier alpha value is -0.610. The molecule has 96 valence electrons. The first-order valence-corrected chi connectivity index (χ1v) is 5.95. The van der Waals surface area contributed by atoms with Crippen molar-refractivity contribution in [3.05, 3.63) is 0 Å². The Bertz CT molecular complexity index is 215. The summed E-state index contributed by atoms with van der Waals surface area (Å²) in [7, 11) is 1.76. The molecular formula is C12H26N2O2. The second-order valence-corrected chi connectivity index (χ2v) is 4.92. The van der Waals surface area contributed by atoms with Gasteiger partial charge < -0.3 is 15.7 Å². The van der Waals surface area contributed by atoms with E-state index >= 15 is 0 Å². The number of carbonyl (C=O) groups is 1. The Labute approximate surface area is 98.8 Å². The number of hydrogen-bond acceptors (Lipinski definition) is 3. The topological polar surface area (TPSA) is 61.4 Å². The van der Waals surface area contributed by atoms with Crippen LogP contribution in [0.4, 0.5) is 0 Å². The van der Waals surface area contributed by atoms with E-state index in [1.807, 2.05) is 27.7 Å². The smallest absolute Gasteiger partial charge is 0.239 e. The third-order valence-electron chi connectivity index (χ3n) is 3.65. The van der Waals surface area contributed by atoms with Crippen molar-refractivity contribution in [2.24, 2.45) is 5.41 Å². The van der Waals surface area contributed by atoms with Gasteiger partial charge in [0.25, 0.3) is 0 Å². The number of rotatable bonds is 7. The molecule has 0 spiro atoms. The minimum absolute atomic E-state index is 0.0327. The number of likely N-dealkylation sites (N-methyl/N-ethyl adjacent to an activating group) is 1. The van der Waals surface area contributed by atoms with E-state index in [1.54, 1.807) is 7.05 Å². The zero-order chi connectivity index (χ0) is 12.8. The lowest BCUT2D eigenvalue weighted by atomic mass is 9.83. The molecule has 0 fully saturated rings. The molecule has 0 aromatic heterocycles. The van der Waals surface area contributed by atoms with Crippen molar-refractivity contribution in [1.82, 2.24) is 10.6 Å². The van der Waals surface area contributed by atoms with Gasteiger partial charge in [-0.05, 0) is 33.7 Å². The summed E-state index contributed by atoms with van der Waals surface area (Å²) in [6.45, 7) is 8.38. The first-order valence-electron chi connectivity index (χ1n) is 5.95. The second-order valence-electron chi connectivity index (χ2n) is 4.92. The Balaban J connectivity index is 4.38. The molecule has 0 aromatic carbocycles. The van der Waals surface area contributed by atoms with Gasteiger partial charge in [0, 0.05) is 12.0 Å². The molecule has 0 saturated heterocycles. The number of hydrogen-bond donors (Lipinski definition) is 3. The number of aliphatic hydroxyl groups excluding tert-OH is 1. The highest BCUT2D eigenvalue weighted by Crippen LogP contribution is 2.24. The fourth-order valence-electron chi connectivity index (χ4n) is 1.38. The largest absolute Gasteiger partial charge is 0.396 e. The SMILES string of the molecule is CCC(CC)(CO)CNC(=O)C(C)(C)NC. The molecule has 0 aliphatic heterocycles. The second kappa shape index (κ2) is 6.21. The van der Waals surface area contributed by atoms with E-state index in [9.17, 15) is 9.90 Å². The summed E-state index contributed by atoms with van der Waals surface area (Å²) in [4.78, 5) is 11.8. The molecule has 4 heteroatoms. The van der Waals surface area contributed by atoms with Crippen molar-refractivity contribution in [1.29, 1.82) is 0 Å². The highest BCUT2D eigenvalue weighted by atomic mass is 16.3. The molecule has 4 nitrogen and oxygen atoms in total. The standard InChI is InChI=1S/C12H26N2O2/c1-6-12(7-2,9-15)8-14-10(16)11(3,4)13-5/h13,15H,6-9H2,1-5H3,(H,14,16). The fraction of sp³-hybridized carbons (Fsp3) is 0.917. The van der Waals surface area contributed by atoms with Gasteiger partial charge in [-0.15, -0.1) is 0 Å². The molecule has 0 atom stereocenters. The maximum absolute atomic E-state index is 11.8. The lowest BCUT2D eigenvalue weighted by Gasteiger charge is -2.31. The van der Waals surface area contributed by atoms with Crippen molar-refractivity contribution in [2.75, 3.05) is 20.2 Å². The summed E-state index contributed by atoms with van der Waals surface area (Å²) in [5.41, 5.74) is -0.748. The molecule has 0 rings (SSSR count). The van der Waals surface area contributed by atoms with Gasteiger partial charge >= 0.3 is 0 Å². The highest BCUT2D eigenvalue weighted by molar-refractivity contribution is 5.85. The number of amides is 1. The summed E-state index contributed by atoms with van der Waals surface area (Å²) >= 11 is 0. The molecular weight excluding hydrogens is 204 g/mol. The van der Waals surface area contributed by atoms with Crippen molar-refractivity contribution in [3.63, 3.8) is 0 Å². The lowest BCUT2D eigenvalue weighted by Crippen LogP contribution is -2.53. The van der Waals surface area contributed by atoms with E-state index < -0.39 is 5.54 Å². The number of aliphatic hydroxyl groups is 1. The van der Waals surface area contributed by atoms with Crippen LogP contribution in [-0.4, -0.2) is 36.8 Å². The summed E-state index contributed by atoms with van der Waals surface area (Å²) in [6.07, 6.45) is 1.72. The quantitative estimate of drug-likeness (QED) is 0.609. The summed E-state index contributed by atoms with van der Waals surface area (Å²) in [6, 6.07) is 0. The molecule has 1 amide bonds. The molecule has 0 heterocycles. The van der Waals surface area contributed by atoms with E-state index in [0.717, 1.165) is 12.8 Å². The molecule has 16 heavy (non-hydrogen) atoms. The first kappa shape index (κ1) is 15.4. The molecule has 0 unspecified atom stereocenters. The van der Waals surface area contributed by atoms with Crippen LogP contribution in [0.1, 0.15) is 40.5 Å². The Kier molecular flexibility index (Phi) is 5.97. The Morgan fingerprint density at radius 1 is 1.25 bits per heavy atom. The summed E-state index contributed by atoms with van der Waals surface area (Å²) < 4.78 is 0. The fourth-order valence-corrected chi connectivity index (χ4v) is 1.38. The van der Waals surface area contributed by atoms with Gasteiger partial charge in [-0.1, -0.05) is 13.8 Å². The van der Waals surface area contributed by atoms with Crippen molar-refractivity contribution >= 4 is 5.91 Å². The Morgan fingerprint density at radius 2 is 1.75 bits per heavy atom. The summed E-state index contributed by atoms with van der Waals surface area (Å²) in [5.74, 6) is -0.0327. The van der Waals surface area contributed by atoms with Gasteiger partial charge in [-0.2, -0.15) is 0 Å². The van der Waals surface area contributed by atoms with Gasteiger partial charge in [-0.25, -0.2) is 0 Å². The third-order valence-corrected chi connectivity index (χ3v) is 3.65. The Morgan fingerprint density at radius 3 is 2.06 bits per heavy atom. The van der Waals surface area contributed by atoms with E-state index in [2.05, 4.69) is 10.6 Å². The predicted octanol–water partition coefficient (Wildman–Crippen LogP) is 0.899. The zero-order valence-corrected chi connectivity index (χ0v) is 11.2. The molecule has 0 aromatic rings. The lowest BCUT2D eigenvalue weighted by molar-refractivity contribution is -0.127. The minimum atomic E-state index is -0.567. The maximum atomic E-state index is 11.8. The molecule has 3 N–H and O–H groups in total. The van der Waals surface area contributed by atoms with E-state index in [-0.39, 0.29) is 17.9 Å². The molecule has 0 saturated carbocycles. The predicted molar refractivity (Wildman–Crippen MR) is 66.2 cm³/mol. The molecule has 0 aliphatic rings. The van der Waals surface area contributed by atoms with Crippen LogP contribution in [0, 0.1) is 5.41 Å². The van der Waals surface area contributed by atoms with Gasteiger partial charge in [0.2, 0.25) is 5.91 Å². The molecule has 0 aliphatic carbocycles. The first-order chi connectivity index (χ1) is 7.37. The minimum Gasteiger partial charge on any atom is -0.396 e. The van der Waals surface area contributed by atoms with E-state index in [1.165, 1.54) is 0 Å². The molecule has 0 radical (unpaired) electrons. The third kappa shape index (κ3) is 3.76. The van der Waals surface area contributed by atoms with E-state index in [4.69, 9.17) is 0 Å². The normalized spacial score (nSPS) is 12.6. The van der Waals surface area contributed by atoms with Crippen LogP contribution in [0.25, 0.3) is 0 Å². The summed E-state index contributed by atoms with van der Waals surface area (Å²) in [5, 5.41) is 15.2. The van der Waals surface area contributed by atoms with Crippen LogP contribution in [-0.2, 0) is 4.79 Å². The van der Waals surface area contributed by atoms with Crippen LogP contribution in [0.3, 0.4) is 0 Å².